The summed E-state index contributed by atoms with van der Waals surface area (Å²) in [5, 5.41) is 3.65. The van der Waals surface area contributed by atoms with E-state index in [0.717, 1.165) is 32.1 Å². The van der Waals surface area contributed by atoms with Crippen LogP contribution in [0.25, 0.3) is 0 Å². The Hall–Kier alpha value is -1.55. The first-order chi connectivity index (χ1) is 11.8. The van der Waals surface area contributed by atoms with Gasteiger partial charge in [0.25, 0.3) is 0 Å². The number of likely N-dealkylation sites (tertiary alicyclic amines) is 2. The minimum Gasteiger partial charge on any atom is -0.355 e. The van der Waals surface area contributed by atoms with Gasteiger partial charge in [-0.05, 0) is 37.9 Å². The van der Waals surface area contributed by atoms with Crippen LogP contribution >= 0.6 is 0 Å². The highest BCUT2D eigenvalue weighted by molar-refractivity contribution is 5.80. The Balaban J connectivity index is 1.53. The molecule has 0 amide bonds. The average Bonchev–Trinajstić information content (AvgIpc) is 3.13. The summed E-state index contributed by atoms with van der Waals surface area (Å²) in [6.07, 6.45) is 5.24. The van der Waals surface area contributed by atoms with Crippen molar-refractivity contribution < 1.29 is 0 Å². The van der Waals surface area contributed by atoms with Crippen LogP contribution in [0.1, 0.15) is 44.1 Å². The van der Waals surface area contributed by atoms with Crippen LogP contribution in [-0.4, -0.2) is 61.6 Å². The number of hydrogen-bond donors (Lipinski definition) is 1. The molecule has 0 aromatic heterocycles. The minimum absolute atomic E-state index is 0.631. The van der Waals surface area contributed by atoms with E-state index in [-0.39, 0.29) is 0 Å². The molecule has 1 aromatic rings. The Labute approximate surface area is 146 Å². The van der Waals surface area contributed by atoms with Crippen molar-refractivity contribution in [3.8, 4) is 0 Å². The fourth-order valence-corrected chi connectivity index (χ4v) is 4.20. The van der Waals surface area contributed by atoms with Crippen LogP contribution in [0.3, 0.4) is 0 Å². The Morgan fingerprint density at radius 1 is 1.17 bits per heavy atom. The zero-order valence-corrected chi connectivity index (χ0v) is 15.2. The van der Waals surface area contributed by atoms with Gasteiger partial charge in [-0.25, -0.2) is 0 Å². The Morgan fingerprint density at radius 2 is 2.00 bits per heavy atom. The van der Waals surface area contributed by atoms with Gasteiger partial charge in [-0.2, -0.15) is 0 Å². The van der Waals surface area contributed by atoms with Crippen molar-refractivity contribution in [2.75, 3.05) is 39.8 Å². The number of guanidine groups is 1. The molecule has 0 saturated carbocycles. The lowest BCUT2D eigenvalue weighted by atomic mass is 9.99. The van der Waals surface area contributed by atoms with Crippen LogP contribution in [0, 0.1) is 0 Å². The summed E-state index contributed by atoms with van der Waals surface area (Å²) in [7, 11) is 1.91. The largest absolute Gasteiger partial charge is 0.355 e. The number of nitrogens with one attached hydrogen (secondary N) is 1. The Morgan fingerprint density at radius 3 is 2.75 bits per heavy atom. The van der Waals surface area contributed by atoms with Crippen LogP contribution in [0.2, 0.25) is 0 Å². The second kappa shape index (κ2) is 8.52. The first-order valence-corrected chi connectivity index (χ1v) is 9.56. The quantitative estimate of drug-likeness (QED) is 0.681. The van der Waals surface area contributed by atoms with Gasteiger partial charge in [-0.1, -0.05) is 43.7 Å². The maximum absolute atomic E-state index is 4.55. The molecule has 2 unspecified atom stereocenters. The molecule has 1 aromatic carbocycles. The summed E-state index contributed by atoms with van der Waals surface area (Å²) in [6, 6.07) is 11.6. The lowest BCUT2D eigenvalue weighted by Crippen LogP contribution is -2.49. The maximum Gasteiger partial charge on any atom is 0.193 e. The van der Waals surface area contributed by atoms with Gasteiger partial charge < -0.3 is 10.2 Å². The molecule has 4 nitrogen and oxygen atoms in total. The molecule has 2 heterocycles. The van der Waals surface area contributed by atoms with E-state index in [1.54, 1.807) is 0 Å². The van der Waals surface area contributed by atoms with Crippen molar-refractivity contribution in [2.45, 2.75) is 44.6 Å². The molecule has 0 aliphatic carbocycles. The van der Waals surface area contributed by atoms with Gasteiger partial charge in [-0.15, -0.1) is 0 Å². The van der Waals surface area contributed by atoms with Gasteiger partial charge in [0.2, 0.25) is 0 Å². The lowest BCUT2D eigenvalue weighted by Gasteiger charge is -2.35. The number of piperidine rings is 1. The fraction of sp³-hybridized carbons (Fsp3) is 0.650. The molecular weight excluding hydrogens is 296 g/mol. The molecule has 0 radical (unpaired) electrons. The fourth-order valence-electron chi connectivity index (χ4n) is 4.20. The number of aliphatic imine (C=N–C) groups is 1. The van der Waals surface area contributed by atoms with Gasteiger partial charge in [0.05, 0.1) is 0 Å². The first-order valence-electron chi connectivity index (χ1n) is 9.56. The summed E-state index contributed by atoms with van der Waals surface area (Å²) < 4.78 is 0. The third kappa shape index (κ3) is 4.10. The van der Waals surface area contributed by atoms with E-state index in [4.69, 9.17) is 0 Å². The highest BCUT2D eigenvalue weighted by Gasteiger charge is 2.27. The summed E-state index contributed by atoms with van der Waals surface area (Å²) in [4.78, 5) is 9.59. The summed E-state index contributed by atoms with van der Waals surface area (Å²) in [5.74, 6) is 1.71. The van der Waals surface area contributed by atoms with E-state index < -0.39 is 0 Å². The Kier molecular flexibility index (Phi) is 6.13. The summed E-state index contributed by atoms with van der Waals surface area (Å²) >= 11 is 0. The van der Waals surface area contributed by atoms with E-state index in [1.807, 2.05) is 7.05 Å². The van der Waals surface area contributed by atoms with Crippen LogP contribution in [-0.2, 0) is 0 Å². The predicted molar refractivity (Wildman–Crippen MR) is 102 cm³/mol. The normalized spacial score (nSPS) is 25.9. The highest BCUT2D eigenvalue weighted by atomic mass is 15.3. The second-order valence-electron chi connectivity index (χ2n) is 7.05. The van der Waals surface area contributed by atoms with Crippen LogP contribution in [0.15, 0.2) is 35.3 Å². The molecule has 2 aliphatic rings. The first kappa shape index (κ1) is 17.3. The number of hydrogen-bond acceptors (Lipinski definition) is 2. The SMILES string of the molecule is CCN1CCCCC1CNC(=NC)N1CCC(c2ccccc2)C1. The van der Waals surface area contributed by atoms with E-state index in [0.29, 0.717) is 12.0 Å². The average molecular weight is 329 g/mol. The third-order valence-electron chi connectivity index (χ3n) is 5.62. The molecule has 2 fully saturated rings. The standard InChI is InChI=1S/C20H32N4/c1-3-23-13-8-7-11-19(23)15-22-20(21-2)24-14-12-18(16-24)17-9-5-4-6-10-17/h4-6,9-10,18-19H,3,7-8,11-16H2,1-2H3,(H,21,22). The topological polar surface area (TPSA) is 30.9 Å². The predicted octanol–water partition coefficient (Wildman–Crippen LogP) is 2.93. The molecule has 2 aliphatic heterocycles. The van der Waals surface area contributed by atoms with E-state index in [2.05, 4.69) is 57.4 Å². The molecule has 2 atom stereocenters. The Bertz CT molecular complexity index is 528. The van der Waals surface area contributed by atoms with Gasteiger partial charge in [0.15, 0.2) is 5.96 Å². The molecule has 0 spiro atoms. The lowest BCUT2D eigenvalue weighted by molar-refractivity contribution is 0.157. The van der Waals surface area contributed by atoms with E-state index in [9.17, 15) is 0 Å². The number of rotatable bonds is 4. The molecule has 2 saturated heterocycles. The monoisotopic (exact) mass is 328 g/mol. The van der Waals surface area contributed by atoms with Crippen molar-refractivity contribution in [1.82, 2.24) is 15.1 Å². The highest BCUT2D eigenvalue weighted by Crippen LogP contribution is 2.27. The van der Waals surface area contributed by atoms with Crippen molar-refractivity contribution in [2.24, 2.45) is 4.99 Å². The van der Waals surface area contributed by atoms with Gasteiger partial charge in [-0.3, -0.25) is 9.89 Å². The van der Waals surface area contributed by atoms with Crippen molar-refractivity contribution in [3.05, 3.63) is 35.9 Å². The van der Waals surface area contributed by atoms with Crippen LogP contribution < -0.4 is 5.32 Å². The van der Waals surface area contributed by atoms with Gasteiger partial charge >= 0.3 is 0 Å². The van der Waals surface area contributed by atoms with E-state index in [1.165, 1.54) is 37.8 Å². The van der Waals surface area contributed by atoms with Gasteiger partial charge in [0, 0.05) is 38.6 Å². The number of nitrogens with zero attached hydrogens (tertiary/aromatic N) is 3. The van der Waals surface area contributed by atoms with Crippen molar-refractivity contribution >= 4 is 5.96 Å². The number of benzene rings is 1. The van der Waals surface area contributed by atoms with Crippen molar-refractivity contribution in [1.29, 1.82) is 0 Å². The van der Waals surface area contributed by atoms with Crippen LogP contribution in [0.4, 0.5) is 0 Å². The van der Waals surface area contributed by atoms with Crippen LogP contribution in [0.5, 0.6) is 0 Å². The summed E-state index contributed by atoms with van der Waals surface area (Å²) in [5.41, 5.74) is 1.46. The zero-order chi connectivity index (χ0) is 16.8. The maximum atomic E-state index is 4.55. The third-order valence-corrected chi connectivity index (χ3v) is 5.62. The molecule has 0 bridgehead atoms. The van der Waals surface area contributed by atoms with Crippen molar-refractivity contribution in [3.63, 3.8) is 0 Å². The molecule has 3 rings (SSSR count). The zero-order valence-electron chi connectivity index (χ0n) is 15.2. The van der Waals surface area contributed by atoms with Gasteiger partial charge in [0.1, 0.15) is 0 Å². The minimum atomic E-state index is 0.631. The number of likely N-dealkylation sites (N-methyl/N-ethyl adjacent to an activating group) is 1. The molecule has 132 valence electrons. The molecule has 1 N–H and O–H groups in total. The second-order valence-corrected chi connectivity index (χ2v) is 7.05. The smallest absolute Gasteiger partial charge is 0.193 e. The molecule has 24 heavy (non-hydrogen) atoms. The van der Waals surface area contributed by atoms with E-state index >= 15 is 0 Å². The molecule has 4 heteroatoms. The summed E-state index contributed by atoms with van der Waals surface area (Å²) in [6.45, 7) is 7.88. The molecular formula is C20H32N4.